The smallest absolute Gasteiger partial charge is 0.174 e. The molecule has 2 aromatic heterocycles. The first-order valence-electron chi connectivity index (χ1n) is 9.96. The van der Waals surface area contributed by atoms with E-state index in [4.69, 9.17) is 28.2 Å². The highest BCUT2D eigenvalue weighted by Gasteiger charge is 2.43. The van der Waals surface area contributed by atoms with Crippen LogP contribution in [0, 0.1) is 5.82 Å². The molecule has 166 valence electrons. The Hall–Kier alpha value is -2.94. The zero-order valence-electron chi connectivity index (χ0n) is 16.9. The molecule has 0 aliphatic carbocycles. The molecule has 2 aromatic carbocycles. The highest BCUT2D eigenvalue weighted by atomic mass is 79.9. The average Bonchev–Trinajstić information content (AvgIpc) is 3.40. The Bertz CT molecular complexity index is 1350. The molecule has 5 rings (SSSR count). The molecule has 9 heteroatoms. The van der Waals surface area contributed by atoms with Crippen LogP contribution >= 0.6 is 39.7 Å². The highest BCUT2D eigenvalue weighted by Crippen LogP contribution is 2.46. The number of nitrogens with zero attached hydrogens (tertiary/aromatic N) is 2. The second-order valence-corrected chi connectivity index (χ2v) is 9.19. The van der Waals surface area contributed by atoms with Crippen LogP contribution in [0.1, 0.15) is 23.5 Å². The average molecular weight is 545 g/mol. The van der Waals surface area contributed by atoms with Gasteiger partial charge in [-0.1, -0.05) is 33.6 Å². The number of rotatable bonds is 4. The Labute approximate surface area is 208 Å². The first kappa shape index (κ1) is 21.9. The number of hydrogen-bond acceptors (Lipinski definition) is 4. The molecule has 0 unspecified atom stereocenters. The minimum Gasteiger partial charge on any atom is -0.506 e. The van der Waals surface area contributed by atoms with E-state index in [1.54, 1.807) is 47.5 Å². The second-order valence-electron chi connectivity index (χ2n) is 7.46. The number of pyridine rings is 1. The topological polar surface area (TPSA) is 61.5 Å². The summed E-state index contributed by atoms with van der Waals surface area (Å²) in [7, 11) is 0. The lowest BCUT2D eigenvalue weighted by Gasteiger charge is -2.26. The van der Waals surface area contributed by atoms with Gasteiger partial charge in [-0.2, -0.15) is 0 Å². The summed E-state index contributed by atoms with van der Waals surface area (Å²) in [5.41, 5.74) is 1.50. The van der Waals surface area contributed by atoms with E-state index >= 15 is 0 Å². The van der Waals surface area contributed by atoms with Crippen LogP contribution in [0.2, 0.25) is 5.02 Å². The van der Waals surface area contributed by atoms with Gasteiger partial charge in [0.1, 0.15) is 29.1 Å². The van der Waals surface area contributed by atoms with Crippen LogP contribution in [0.15, 0.2) is 81.8 Å². The number of phenolic OH excluding ortho intramolecular Hbond substituents is 1. The first-order valence-corrected chi connectivity index (χ1v) is 11.5. The summed E-state index contributed by atoms with van der Waals surface area (Å²) in [6.45, 7) is 0. The van der Waals surface area contributed by atoms with Gasteiger partial charge in [-0.25, -0.2) is 4.39 Å². The van der Waals surface area contributed by atoms with Gasteiger partial charge in [-0.05, 0) is 72.9 Å². The molecule has 4 aromatic rings. The number of aromatic nitrogens is 1. The van der Waals surface area contributed by atoms with Crippen molar-refractivity contribution in [3.05, 3.63) is 99.7 Å². The van der Waals surface area contributed by atoms with Crippen molar-refractivity contribution in [3.8, 4) is 17.1 Å². The number of furan rings is 1. The van der Waals surface area contributed by atoms with E-state index in [1.165, 1.54) is 12.1 Å². The lowest BCUT2D eigenvalue weighted by molar-refractivity contribution is 0.433. The third-order valence-electron chi connectivity index (χ3n) is 5.41. The van der Waals surface area contributed by atoms with Crippen LogP contribution in [0.3, 0.4) is 0 Å². The highest BCUT2D eigenvalue weighted by molar-refractivity contribution is 9.10. The number of aromatic hydroxyl groups is 1. The predicted octanol–water partition coefficient (Wildman–Crippen LogP) is 6.78. The van der Waals surface area contributed by atoms with Crippen LogP contribution in [0.4, 0.5) is 10.1 Å². The molecule has 0 saturated carbocycles. The maximum Gasteiger partial charge on any atom is 0.174 e. The molecule has 2 N–H and O–H groups in total. The van der Waals surface area contributed by atoms with Gasteiger partial charge in [-0.15, -0.1) is 0 Å². The van der Waals surface area contributed by atoms with E-state index in [0.717, 1.165) is 5.69 Å². The Morgan fingerprint density at radius 1 is 1.12 bits per heavy atom. The number of nitrogens with one attached hydrogen (secondary N) is 1. The van der Waals surface area contributed by atoms with E-state index in [0.29, 0.717) is 37.4 Å². The fourth-order valence-corrected chi connectivity index (χ4v) is 4.78. The molecule has 1 aliphatic rings. The Morgan fingerprint density at radius 3 is 2.73 bits per heavy atom. The molecule has 0 radical (unpaired) electrons. The fraction of sp³-hybridized carbons (Fsp3) is 0.0833. The molecule has 33 heavy (non-hydrogen) atoms. The van der Waals surface area contributed by atoms with Crippen molar-refractivity contribution in [1.29, 1.82) is 0 Å². The van der Waals surface area contributed by atoms with Crippen molar-refractivity contribution < 1.29 is 13.9 Å². The van der Waals surface area contributed by atoms with Crippen LogP contribution in [-0.2, 0) is 0 Å². The second kappa shape index (κ2) is 8.78. The first-order chi connectivity index (χ1) is 15.9. The van der Waals surface area contributed by atoms with E-state index in [1.807, 2.05) is 18.2 Å². The SMILES string of the molecule is Oc1ccc(Cl)cc1N1C(=S)N[C@@H](c2ccccn2)[C@@H]1c1ccc(-c2ccc(Br)cc2F)o1. The van der Waals surface area contributed by atoms with Crippen molar-refractivity contribution in [2.24, 2.45) is 0 Å². The molecule has 5 nitrogen and oxygen atoms in total. The van der Waals surface area contributed by atoms with Gasteiger partial charge in [-0.3, -0.25) is 4.98 Å². The third kappa shape index (κ3) is 4.10. The molecule has 0 bridgehead atoms. The third-order valence-corrected chi connectivity index (χ3v) is 6.45. The van der Waals surface area contributed by atoms with Gasteiger partial charge in [0.15, 0.2) is 5.11 Å². The van der Waals surface area contributed by atoms with Crippen LogP contribution in [-0.4, -0.2) is 15.2 Å². The molecule has 1 saturated heterocycles. The molecule has 1 fully saturated rings. The van der Waals surface area contributed by atoms with Crippen LogP contribution in [0.5, 0.6) is 5.75 Å². The molecular formula is C24H16BrClFN3O2S. The standard InChI is InChI=1S/C24H16BrClFN3O2S/c25-13-4-6-15(16(27)11-13)20-8-9-21(32-20)23-22(17-3-1-2-10-28-17)29-24(33)30(23)18-12-14(26)5-7-19(18)31/h1-12,22-23,31H,(H,29,33)/t22-,23-/m0/s1. The summed E-state index contributed by atoms with van der Waals surface area (Å²) in [5, 5.41) is 14.7. The largest absolute Gasteiger partial charge is 0.506 e. The monoisotopic (exact) mass is 543 g/mol. The Balaban J connectivity index is 1.63. The van der Waals surface area contributed by atoms with Gasteiger partial charge < -0.3 is 19.7 Å². The lowest BCUT2D eigenvalue weighted by atomic mass is 10.0. The summed E-state index contributed by atoms with van der Waals surface area (Å²) < 4.78 is 21.4. The molecule has 3 heterocycles. The maximum absolute atomic E-state index is 14.6. The Morgan fingerprint density at radius 2 is 1.97 bits per heavy atom. The Kier molecular flexibility index (Phi) is 5.82. The molecule has 0 amide bonds. The van der Waals surface area contributed by atoms with Crippen molar-refractivity contribution in [2.75, 3.05) is 4.90 Å². The number of phenols is 1. The number of halogens is 3. The molecule has 1 aliphatic heterocycles. The van der Waals surface area contributed by atoms with Crippen molar-refractivity contribution in [3.63, 3.8) is 0 Å². The summed E-state index contributed by atoms with van der Waals surface area (Å²) in [6, 6.07) is 17.7. The van der Waals surface area contributed by atoms with Crippen LogP contribution in [0.25, 0.3) is 11.3 Å². The normalized spacial score (nSPS) is 17.9. The number of anilines is 1. The van der Waals surface area contributed by atoms with Gasteiger partial charge in [0.25, 0.3) is 0 Å². The molecule has 0 spiro atoms. The van der Waals surface area contributed by atoms with Crippen molar-refractivity contribution >= 4 is 50.5 Å². The number of thiocarbonyl (C=S) groups is 1. The summed E-state index contributed by atoms with van der Waals surface area (Å²) in [6.07, 6.45) is 1.70. The minimum atomic E-state index is -0.510. The zero-order valence-corrected chi connectivity index (χ0v) is 20.0. The van der Waals surface area contributed by atoms with E-state index in [-0.39, 0.29) is 11.8 Å². The summed E-state index contributed by atoms with van der Waals surface area (Å²) in [5.74, 6) is 0.509. The van der Waals surface area contributed by atoms with Gasteiger partial charge in [0.2, 0.25) is 0 Å². The minimum absolute atomic E-state index is 0.0148. The fourth-order valence-electron chi connectivity index (χ4n) is 3.94. The van der Waals surface area contributed by atoms with Crippen molar-refractivity contribution in [1.82, 2.24) is 10.3 Å². The maximum atomic E-state index is 14.6. The van der Waals surface area contributed by atoms with E-state index in [2.05, 4.69) is 26.2 Å². The predicted molar refractivity (Wildman–Crippen MR) is 133 cm³/mol. The lowest BCUT2D eigenvalue weighted by Crippen LogP contribution is -2.29. The van der Waals surface area contributed by atoms with Crippen molar-refractivity contribution in [2.45, 2.75) is 12.1 Å². The zero-order chi connectivity index (χ0) is 23.1. The van der Waals surface area contributed by atoms with E-state index in [9.17, 15) is 9.50 Å². The van der Waals surface area contributed by atoms with Gasteiger partial charge in [0.05, 0.1) is 23.0 Å². The number of hydrogen-bond donors (Lipinski definition) is 2. The van der Waals surface area contributed by atoms with E-state index < -0.39 is 11.9 Å². The molecular weight excluding hydrogens is 529 g/mol. The van der Waals surface area contributed by atoms with Crippen LogP contribution < -0.4 is 10.2 Å². The molecule has 2 atom stereocenters. The van der Waals surface area contributed by atoms with Gasteiger partial charge >= 0.3 is 0 Å². The number of benzene rings is 2. The summed E-state index contributed by atoms with van der Waals surface area (Å²) >= 11 is 15.1. The van der Waals surface area contributed by atoms with Gasteiger partial charge in [0, 0.05) is 15.7 Å². The summed E-state index contributed by atoms with van der Waals surface area (Å²) in [4.78, 5) is 6.23. The quantitative estimate of drug-likeness (QED) is 0.276.